The van der Waals surface area contributed by atoms with E-state index in [1.54, 1.807) is 11.8 Å². The van der Waals surface area contributed by atoms with Crippen molar-refractivity contribution in [1.82, 2.24) is 10.6 Å². The van der Waals surface area contributed by atoms with E-state index in [-0.39, 0.29) is 17.9 Å². The minimum absolute atomic E-state index is 0.0440. The molecule has 0 unspecified atom stereocenters. The van der Waals surface area contributed by atoms with Crippen LogP contribution in [-0.2, 0) is 9.59 Å². The summed E-state index contributed by atoms with van der Waals surface area (Å²) in [4.78, 5) is 23.6. The molecule has 1 aromatic rings. The van der Waals surface area contributed by atoms with Crippen molar-refractivity contribution in [2.24, 2.45) is 0 Å². The average Bonchev–Trinajstić information content (AvgIpc) is 2.64. The van der Waals surface area contributed by atoms with Gasteiger partial charge in [0.05, 0.1) is 6.04 Å². The second kappa shape index (κ2) is 6.61. The van der Waals surface area contributed by atoms with Gasteiger partial charge in [-0.05, 0) is 12.5 Å². The van der Waals surface area contributed by atoms with Gasteiger partial charge in [-0.25, -0.2) is 0 Å². The molecule has 0 spiro atoms. The highest BCUT2D eigenvalue weighted by Crippen LogP contribution is 2.13. The smallest absolute Gasteiger partial charge is 0.243 e. The van der Waals surface area contributed by atoms with Crippen LogP contribution in [0, 0.1) is 0 Å². The van der Waals surface area contributed by atoms with Gasteiger partial charge in [-0.15, -0.1) is 0 Å². The first-order valence-corrected chi connectivity index (χ1v) is 7.54. The van der Waals surface area contributed by atoms with Crippen molar-refractivity contribution in [3.05, 3.63) is 35.9 Å². The molecule has 1 aliphatic heterocycles. The Balaban J connectivity index is 1.94. The summed E-state index contributed by atoms with van der Waals surface area (Å²) < 4.78 is 0. The van der Waals surface area contributed by atoms with Crippen LogP contribution in [0.3, 0.4) is 0 Å². The number of rotatable bonds is 3. The minimum atomic E-state index is -0.425. The van der Waals surface area contributed by atoms with E-state index in [1.807, 2.05) is 37.3 Å². The molecule has 2 rings (SSSR count). The Labute approximate surface area is 117 Å². The number of nitrogens with one attached hydrogen (secondary N) is 2. The molecule has 2 atom stereocenters. The van der Waals surface area contributed by atoms with Gasteiger partial charge in [0.2, 0.25) is 11.8 Å². The predicted molar refractivity (Wildman–Crippen MR) is 76.9 cm³/mol. The normalized spacial score (nSPS) is 21.1. The zero-order chi connectivity index (χ0) is 13.7. The summed E-state index contributed by atoms with van der Waals surface area (Å²) in [5.74, 6) is 1.26. The van der Waals surface area contributed by atoms with Crippen molar-refractivity contribution in [3.63, 3.8) is 0 Å². The molecule has 0 saturated carbocycles. The molecule has 1 aromatic carbocycles. The molecule has 0 bridgehead atoms. The lowest BCUT2D eigenvalue weighted by Gasteiger charge is -2.19. The summed E-state index contributed by atoms with van der Waals surface area (Å²) >= 11 is 1.63. The van der Waals surface area contributed by atoms with Gasteiger partial charge in [0.25, 0.3) is 0 Å². The molecule has 0 aromatic heterocycles. The third-order valence-corrected chi connectivity index (χ3v) is 4.13. The highest BCUT2D eigenvalue weighted by Gasteiger charge is 2.24. The Bertz CT molecular complexity index is 450. The molecule has 19 heavy (non-hydrogen) atoms. The number of carbonyl (C=O) groups excluding carboxylic acids is 2. The van der Waals surface area contributed by atoms with Gasteiger partial charge in [0.15, 0.2) is 0 Å². The van der Waals surface area contributed by atoms with Crippen molar-refractivity contribution < 1.29 is 9.59 Å². The van der Waals surface area contributed by atoms with E-state index in [0.717, 1.165) is 11.3 Å². The zero-order valence-electron chi connectivity index (χ0n) is 10.9. The third-order valence-electron chi connectivity index (χ3n) is 3.07. The third kappa shape index (κ3) is 3.99. The van der Waals surface area contributed by atoms with Crippen LogP contribution < -0.4 is 10.6 Å². The zero-order valence-corrected chi connectivity index (χ0v) is 11.7. The molecule has 1 heterocycles. The Morgan fingerprint density at radius 2 is 2.16 bits per heavy atom. The van der Waals surface area contributed by atoms with Gasteiger partial charge in [-0.2, -0.15) is 11.8 Å². The van der Waals surface area contributed by atoms with Gasteiger partial charge in [-0.1, -0.05) is 30.3 Å². The molecular formula is C14H18N2O2S. The lowest BCUT2D eigenvalue weighted by molar-refractivity contribution is -0.128. The molecule has 1 saturated heterocycles. The molecule has 1 fully saturated rings. The van der Waals surface area contributed by atoms with Crippen molar-refractivity contribution in [3.8, 4) is 0 Å². The van der Waals surface area contributed by atoms with Crippen LogP contribution >= 0.6 is 11.8 Å². The first kappa shape index (κ1) is 13.9. The molecule has 4 nitrogen and oxygen atoms in total. The summed E-state index contributed by atoms with van der Waals surface area (Å²) in [6, 6.07) is 9.31. The highest BCUT2D eigenvalue weighted by atomic mass is 32.2. The molecule has 102 valence electrons. The highest BCUT2D eigenvalue weighted by molar-refractivity contribution is 7.99. The first-order valence-electron chi connectivity index (χ1n) is 6.39. The standard InChI is InChI=1S/C14H18N2O2S/c1-10(11-5-3-2-4-6-11)15-14(18)12-9-19-8-7-13(17)16-12/h2-6,10,12H,7-9H2,1H3,(H,15,18)(H,16,17)/t10-,12+/m1/s1. The summed E-state index contributed by atoms with van der Waals surface area (Å²) in [6.07, 6.45) is 0.489. The fourth-order valence-corrected chi connectivity index (χ4v) is 2.92. The Kier molecular flexibility index (Phi) is 4.85. The Hall–Kier alpha value is -1.49. The SMILES string of the molecule is C[C@@H](NC(=O)[C@@H]1CSCCC(=O)N1)c1ccccc1. The Morgan fingerprint density at radius 3 is 2.89 bits per heavy atom. The lowest BCUT2D eigenvalue weighted by atomic mass is 10.1. The van der Waals surface area contributed by atoms with Gasteiger partial charge in [0.1, 0.15) is 6.04 Å². The maximum atomic E-state index is 12.1. The molecule has 5 heteroatoms. The summed E-state index contributed by atoms with van der Waals surface area (Å²) in [5.41, 5.74) is 1.06. The van der Waals surface area contributed by atoms with Gasteiger partial charge < -0.3 is 10.6 Å². The average molecular weight is 278 g/mol. The topological polar surface area (TPSA) is 58.2 Å². The van der Waals surface area contributed by atoms with Gasteiger partial charge >= 0.3 is 0 Å². The second-order valence-electron chi connectivity index (χ2n) is 4.59. The molecule has 1 aliphatic rings. The van der Waals surface area contributed by atoms with E-state index in [1.165, 1.54) is 0 Å². The Morgan fingerprint density at radius 1 is 1.42 bits per heavy atom. The van der Waals surface area contributed by atoms with Crippen molar-refractivity contribution in [1.29, 1.82) is 0 Å². The maximum Gasteiger partial charge on any atom is 0.243 e. The number of hydrogen-bond acceptors (Lipinski definition) is 3. The summed E-state index contributed by atoms with van der Waals surface area (Å²) in [6.45, 7) is 1.94. The maximum absolute atomic E-state index is 12.1. The summed E-state index contributed by atoms with van der Waals surface area (Å²) in [5, 5.41) is 5.71. The van der Waals surface area contributed by atoms with Crippen LogP contribution in [0.15, 0.2) is 30.3 Å². The van der Waals surface area contributed by atoms with E-state index in [9.17, 15) is 9.59 Å². The van der Waals surface area contributed by atoms with E-state index in [2.05, 4.69) is 10.6 Å². The van der Waals surface area contributed by atoms with Crippen molar-refractivity contribution in [2.45, 2.75) is 25.4 Å². The van der Waals surface area contributed by atoms with Crippen LogP contribution in [0.5, 0.6) is 0 Å². The lowest BCUT2D eigenvalue weighted by Crippen LogP contribution is -2.47. The molecule has 2 amide bonds. The summed E-state index contributed by atoms with van der Waals surface area (Å²) in [7, 11) is 0. The fraction of sp³-hybridized carbons (Fsp3) is 0.429. The molecule has 0 aliphatic carbocycles. The van der Waals surface area contributed by atoms with Crippen molar-refractivity contribution in [2.75, 3.05) is 11.5 Å². The number of hydrogen-bond donors (Lipinski definition) is 2. The van der Waals surface area contributed by atoms with E-state index in [4.69, 9.17) is 0 Å². The number of carbonyl (C=O) groups is 2. The largest absolute Gasteiger partial charge is 0.348 e. The number of thioether (sulfide) groups is 1. The number of benzene rings is 1. The van der Waals surface area contributed by atoms with Crippen LogP contribution in [-0.4, -0.2) is 29.4 Å². The monoisotopic (exact) mass is 278 g/mol. The molecule has 2 N–H and O–H groups in total. The quantitative estimate of drug-likeness (QED) is 0.880. The van der Waals surface area contributed by atoms with Gasteiger partial charge in [0, 0.05) is 17.9 Å². The van der Waals surface area contributed by atoms with Crippen molar-refractivity contribution >= 4 is 23.6 Å². The van der Waals surface area contributed by atoms with E-state index < -0.39 is 6.04 Å². The predicted octanol–water partition coefficient (Wildman–Crippen LogP) is 1.49. The van der Waals surface area contributed by atoms with Crippen LogP contribution in [0.4, 0.5) is 0 Å². The van der Waals surface area contributed by atoms with E-state index in [0.29, 0.717) is 12.2 Å². The fourth-order valence-electron chi connectivity index (χ4n) is 1.95. The second-order valence-corrected chi connectivity index (χ2v) is 5.74. The molecular weight excluding hydrogens is 260 g/mol. The number of amides is 2. The van der Waals surface area contributed by atoms with Crippen LogP contribution in [0.25, 0.3) is 0 Å². The van der Waals surface area contributed by atoms with E-state index >= 15 is 0 Å². The van der Waals surface area contributed by atoms with Gasteiger partial charge in [-0.3, -0.25) is 9.59 Å². The minimum Gasteiger partial charge on any atom is -0.348 e. The van der Waals surface area contributed by atoms with Crippen LogP contribution in [0.2, 0.25) is 0 Å². The van der Waals surface area contributed by atoms with Crippen LogP contribution in [0.1, 0.15) is 24.9 Å². The first-order chi connectivity index (χ1) is 9.16. The molecule has 0 radical (unpaired) electrons.